The molecular formula is C69H48N2. The summed E-state index contributed by atoms with van der Waals surface area (Å²) in [5.74, 6) is 0. The zero-order valence-electron chi connectivity index (χ0n) is 39.4. The molecule has 2 heteroatoms. The molecule has 13 aromatic carbocycles. The van der Waals surface area contributed by atoms with E-state index in [-0.39, 0.29) is 0 Å². The van der Waals surface area contributed by atoms with Crippen LogP contribution in [0.1, 0.15) is 5.56 Å². The Labute approximate surface area is 414 Å². The fourth-order valence-electron chi connectivity index (χ4n) is 10.6. The van der Waals surface area contributed by atoms with E-state index in [1.165, 1.54) is 87.2 Å². The predicted octanol–water partition coefficient (Wildman–Crippen LogP) is 19.7. The molecule has 0 heterocycles. The molecule has 0 saturated carbocycles. The highest BCUT2D eigenvalue weighted by atomic mass is 15.1. The summed E-state index contributed by atoms with van der Waals surface area (Å²) in [5.41, 5.74) is 15.1. The lowest BCUT2D eigenvalue weighted by Gasteiger charge is -2.27. The minimum absolute atomic E-state index is 1.10. The third-order valence-corrected chi connectivity index (χ3v) is 14.2. The maximum absolute atomic E-state index is 2.40. The summed E-state index contributed by atoms with van der Waals surface area (Å²) in [4.78, 5) is 4.70. The number of benzene rings is 13. The van der Waals surface area contributed by atoms with Crippen LogP contribution < -0.4 is 9.80 Å². The number of para-hydroxylation sites is 1. The van der Waals surface area contributed by atoms with Gasteiger partial charge in [0.1, 0.15) is 0 Å². The third kappa shape index (κ3) is 7.82. The number of nitrogens with zero attached hydrogens (tertiary/aromatic N) is 2. The van der Waals surface area contributed by atoms with Crippen molar-refractivity contribution in [1.29, 1.82) is 0 Å². The number of anilines is 6. The molecule has 13 aromatic rings. The van der Waals surface area contributed by atoms with Crippen molar-refractivity contribution in [1.82, 2.24) is 0 Å². The number of hydrogen-bond donors (Lipinski definition) is 0. The third-order valence-electron chi connectivity index (χ3n) is 14.2. The van der Waals surface area contributed by atoms with Crippen LogP contribution in [0.4, 0.5) is 34.1 Å². The van der Waals surface area contributed by atoms with Crippen LogP contribution in [0.3, 0.4) is 0 Å². The number of aryl methyl sites for hydroxylation is 1. The van der Waals surface area contributed by atoms with Crippen molar-refractivity contribution in [2.45, 2.75) is 6.92 Å². The molecule has 0 aromatic heterocycles. The zero-order valence-corrected chi connectivity index (χ0v) is 39.4. The molecule has 0 aliphatic carbocycles. The van der Waals surface area contributed by atoms with Gasteiger partial charge in [0.2, 0.25) is 0 Å². The van der Waals surface area contributed by atoms with E-state index in [9.17, 15) is 0 Å². The lowest BCUT2D eigenvalue weighted by Crippen LogP contribution is -2.10. The fraction of sp³-hybridized carbons (Fsp3) is 0.0145. The molecule has 0 aliphatic rings. The van der Waals surface area contributed by atoms with Gasteiger partial charge in [-0.3, -0.25) is 0 Å². The van der Waals surface area contributed by atoms with Crippen LogP contribution in [-0.4, -0.2) is 0 Å². The quantitative estimate of drug-likeness (QED) is 0.105. The molecule has 0 aliphatic heterocycles. The Bertz CT molecular complexity index is 4080. The first-order valence-corrected chi connectivity index (χ1v) is 24.5. The normalized spacial score (nSPS) is 11.5. The Morgan fingerprint density at radius 1 is 0.225 bits per heavy atom. The van der Waals surface area contributed by atoms with Gasteiger partial charge in [0.15, 0.2) is 0 Å². The van der Waals surface area contributed by atoms with Gasteiger partial charge in [-0.25, -0.2) is 0 Å². The summed E-state index contributed by atoms with van der Waals surface area (Å²) in [6.07, 6.45) is 0. The second kappa shape index (κ2) is 17.7. The van der Waals surface area contributed by atoms with Crippen LogP contribution in [0.2, 0.25) is 0 Å². The van der Waals surface area contributed by atoms with Gasteiger partial charge in [0.05, 0.1) is 5.69 Å². The average molecular weight is 905 g/mol. The Balaban J connectivity index is 0.828. The SMILES string of the molecule is Cc1ccc(N(c2ccc(-c3ccc(N(c4ccccc4)c4cccc5ccccc45)cc3)cc2)c2ccc(-c3cccc(-c4cc5cc6ccccc6cc5c5cc6ccccc6cc45)c3)cc2)cc1. The smallest absolute Gasteiger partial charge is 0.0540 e. The predicted molar refractivity (Wildman–Crippen MR) is 304 cm³/mol. The summed E-state index contributed by atoms with van der Waals surface area (Å²) >= 11 is 0. The van der Waals surface area contributed by atoms with Gasteiger partial charge in [0, 0.05) is 33.8 Å². The van der Waals surface area contributed by atoms with Gasteiger partial charge in [0.25, 0.3) is 0 Å². The molecule has 2 nitrogen and oxygen atoms in total. The maximum Gasteiger partial charge on any atom is 0.0540 e. The molecule has 13 rings (SSSR count). The molecule has 0 atom stereocenters. The van der Waals surface area contributed by atoms with Gasteiger partial charge >= 0.3 is 0 Å². The van der Waals surface area contributed by atoms with Crippen LogP contribution in [0.15, 0.2) is 273 Å². The Kier molecular flexibility index (Phi) is 10.4. The van der Waals surface area contributed by atoms with Crippen molar-refractivity contribution in [2.75, 3.05) is 9.80 Å². The van der Waals surface area contributed by atoms with E-state index in [0.29, 0.717) is 0 Å². The lowest BCUT2D eigenvalue weighted by molar-refractivity contribution is 1.27. The Hall–Kier alpha value is -9.24. The minimum atomic E-state index is 1.10. The molecule has 0 bridgehead atoms. The van der Waals surface area contributed by atoms with Gasteiger partial charge in [-0.2, -0.15) is 0 Å². The molecule has 0 N–H and O–H groups in total. The summed E-state index contributed by atoms with van der Waals surface area (Å²) in [7, 11) is 0. The van der Waals surface area contributed by atoms with Gasteiger partial charge < -0.3 is 9.80 Å². The second-order valence-corrected chi connectivity index (χ2v) is 18.7. The molecule has 71 heavy (non-hydrogen) atoms. The van der Waals surface area contributed by atoms with E-state index in [4.69, 9.17) is 0 Å². The fourth-order valence-corrected chi connectivity index (χ4v) is 10.6. The Morgan fingerprint density at radius 2 is 0.662 bits per heavy atom. The summed E-state index contributed by atoms with van der Waals surface area (Å²) in [6.45, 7) is 2.14. The first-order chi connectivity index (χ1) is 35.1. The molecule has 334 valence electrons. The molecule has 0 spiro atoms. The van der Waals surface area contributed by atoms with Crippen LogP contribution in [0.5, 0.6) is 0 Å². The van der Waals surface area contributed by atoms with E-state index >= 15 is 0 Å². The van der Waals surface area contributed by atoms with E-state index < -0.39 is 0 Å². The van der Waals surface area contributed by atoms with Crippen molar-refractivity contribution in [3.63, 3.8) is 0 Å². The van der Waals surface area contributed by atoms with Crippen molar-refractivity contribution >= 4 is 88.0 Å². The zero-order chi connectivity index (χ0) is 47.3. The van der Waals surface area contributed by atoms with E-state index in [1.807, 2.05) is 0 Å². The summed E-state index contributed by atoms with van der Waals surface area (Å²) in [6, 6.07) is 99.9. The van der Waals surface area contributed by atoms with Gasteiger partial charge in [-0.15, -0.1) is 0 Å². The molecule has 0 radical (unpaired) electrons. The molecule has 0 unspecified atom stereocenters. The van der Waals surface area contributed by atoms with Crippen LogP contribution in [-0.2, 0) is 0 Å². The molecule has 0 fully saturated rings. The monoisotopic (exact) mass is 904 g/mol. The van der Waals surface area contributed by atoms with Crippen molar-refractivity contribution in [2.24, 2.45) is 0 Å². The van der Waals surface area contributed by atoms with E-state index in [1.54, 1.807) is 0 Å². The minimum Gasteiger partial charge on any atom is -0.311 e. The lowest BCUT2D eigenvalue weighted by atomic mass is 9.89. The van der Waals surface area contributed by atoms with Crippen molar-refractivity contribution in [3.8, 4) is 33.4 Å². The molecule has 0 amide bonds. The first-order valence-electron chi connectivity index (χ1n) is 24.5. The topological polar surface area (TPSA) is 6.48 Å². The first kappa shape index (κ1) is 41.9. The Morgan fingerprint density at radius 3 is 1.28 bits per heavy atom. The number of hydrogen-bond acceptors (Lipinski definition) is 2. The van der Waals surface area contributed by atoms with Crippen LogP contribution >= 0.6 is 0 Å². The largest absolute Gasteiger partial charge is 0.311 e. The van der Waals surface area contributed by atoms with Crippen LogP contribution in [0, 0.1) is 6.92 Å². The highest BCUT2D eigenvalue weighted by Gasteiger charge is 2.18. The average Bonchev–Trinajstić information content (AvgIpc) is 3.43. The van der Waals surface area contributed by atoms with Crippen molar-refractivity contribution < 1.29 is 0 Å². The van der Waals surface area contributed by atoms with Gasteiger partial charge in [-0.05, 0) is 192 Å². The maximum atomic E-state index is 2.40. The summed E-state index contributed by atoms with van der Waals surface area (Å²) in [5, 5.41) is 12.5. The standard InChI is InChI=1S/C69H48N2/c1-47-25-33-60(34-26-47)70(61-35-27-48(28-36-61)49-29-39-63(40-30-49)71(59-21-3-2-4-22-59)69-24-12-18-51-13-9-10-23-64(51)69)62-37-31-50(32-38-62)52-19-11-20-57(41-52)65-46-58-42-53-14-5-6-15-54(53)43-66(58)68-45-56-17-8-7-16-55(56)44-67(65)68/h2-46H,1H3. The summed E-state index contributed by atoms with van der Waals surface area (Å²) < 4.78 is 0. The second-order valence-electron chi connectivity index (χ2n) is 18.7. The molecular weight excluding hydrogens is 857 g/mol. The van der Waals surface area contributed by atoms with E-state index in [0.717, 1.165) is 39.7 Å². The number of rotatable bonds is 9. The molecule has 0 saturated heterocycles. The van der Waals surface area contributed by atoms with E-state index in [2.05, 4.69) is 290 Å². The van der Waals surface area contributed by atoms with Crippen molar-refractivity contribution in [3.05, 3.63) is 279 Å². The number of fused-ring (bicyclic) bond motifs is 6. The van der Waals surface area contributed by atoms with Gasteiger partial charge in [-0.1, -0.05) is 175 Å². The highest BCUT2D eigenvalue weighted by Crippen LogP contribution is 2.43. The van der Waals surface area contributed by atoms with Crippen LogP contribution in [0.25, 0.3) is 87.2 Å². The highest BCUT2D eigenvalue weighted by molar-refractivity contribution is 6.20.